The van der Waals surface area contributed by atoms with Crippen LogP contribution in [0.3, 0.4) is 0 Å². The monoisotopic (exact) mass is 351 g/mol. The van der Waals surface area contributed by atoms with E-state index in [4.69, 9.17) is 16.6 Å². The number of aryl methyl sites for hydroxylation is 1. The molecule has 0 bridgehead atoms. The van der Waals surface area contributed by atoms with Gasteiger partial charge in [0.2, 0.25) is 0 Å². The van der Waals surface area contributed by atoms with Crippen molar-refractivity contribution in [2.45, 2.75) is 32.4 Å². The van der Waals surface area contributed by atoms with E-state index in [9.17, 15) is 0 Å². The fourth-order valence-electron chi connectivity index (χ4n) is 3.68. The molecule has 1 aliphatic rings. The summed E-state index contributed by atoms with van der Waals surface area (Å²) in [6.07, 6.45) is 2.37. The first-order valence-electron chi connectivity index (χ1n) is 8.81. The standard InChI is InChI=1S/C21H22ClN3/c1-15-20(17-9-11-18(22)12-10-17)24-21(23-15)19-8-5-13-25(19)14-16-6-3-2-4-7-16/h2-4,6-7,9-12,19H,5,8,13-14H2,1H3,(H,23,24). The summed E-state index contributed by atoms with van der Waals surface area (Å²) in [7, 11) is 0. The SMILES string of the molecule is Cc1nc(C2CCCN2Cc2ccccc2)[nH]c1-c1ccc(Cl)cc1. The molecule has 4 heteroatoms. The molecule has 3 nitrogen and oxygen atoms in total. The minimum atomic E-state index is 0.361. The summed E-state index contributed by atoms with van der Waals surface area (Å²) in [5.41, 5.74) is 4.63. The van der Waals surface area contributed by atoms with Crippen LogP contribution in [0.4, 0.5) is 0 Å². The van der Waals surface area contributed by atoms with E-state index in [2.05, 4.69) is 47.1 Å². The lowest BCUT2D eigenvalue weighted by molar-refractivity contribution is 0.241. The third kappa shape index (κ3) is 3.48. The molecule has 0 amide bonds. The minimum Gasteiger partial charge on any atom is -0.340 e. The van der Waals surface area contributed by atoms with E-state index >= 15 is 0 Å². The molecule has 0 radical (unpaired) electrons. The molecule has 1 unspecified atom stereocenters. The minimum absolute atomic E-state index is 0.361. The van der Waals surface area contributed by atoms with Gasteiger partial charge in [0, 0.05) is 11.6 Å². The molecule has 25 heavy (non-hydrogen) atoms. The number of halogens is 1. The molecule has 3 aromatic rings. The maximum absolute atomic E-state index is 6.01. The van der Waals surface area contributed by atoms with Gasteiger partial charge in [0.05, 0.1) is 17.4 Å². The lowest BCUT2D eigenvalue weighted by atomic mass is 10.1. The number of aromatic amines is 1. The number of benzene rings is 2. The van der Waals surface area contributed by atoms with Crippen molar-refractivity contribution in [3.05, 3.63) is 76.7 Å². The molecule has 0 saturated carbocycles. The molecule has 128 valence electrons. The zero-order valence-corrected chi connectivity index (χ0v) is 15.1. The second kappa shape index (κ2) is 7.03. The highest BCUT2D eigenvalue weighted by Gasteiger charge is 2.29. The maximum atomic E-state index is 6.01. The van der Waals surface area contributed by atoms with Crippen LogP contribution in [-0.2, 0) is 6.54 Å². The molecule has 1 fully saturated rings. The summed E-state index contributed by atoms with van der Waals surface area (Å²) >= 11 is 6.01. The first kappa shape index (κ1) is 16.4. The Balaban J connectivity index is 1.58. The number of aromatic nitrogens is 2. The predicted octanol–water partition coefficient (Wildman–Crippen LogP) is 5.38. The van der Waals surface area contributed by atoms with Crippen LogP contribution < -0.4 is 0 Å². The number of rotatable bonds is 4. The second-order valence-corrected chi connectivity index (χ2v) is 7.14. The molecule has 1 atom stereocenters. The van der Waals surface area contributed by atoms with Crippen LogP contribution in [0.15, 0.2) is 54.6 Å². The molecule has 0 aliphatic carbocycles. The summed E-state index contributed by atoms with van der Waals surface area (Å²) in [5, 5.41) is 0.756. The summed E-state index contributed by atoms with van der Waals surface area (Å²) < 4.78 is 0. The second-order valence-electron chi connectivity index (χ2n) is 6.70. The highest BCUT2D eigenvalue weighted by atomic mass is 35.5. The third-order valence-electron chi connectivity index (χ3n) is 4.94. The van der Waals surface area contributed by atoms with Crippen LogP contribution in [0.1, 0.15) is 36.0 Å². The highest BCUT2D eigenvalue weighted by molar-refractivity contribution is 6.30. The van der Waals surface area contributed by atoms with Crippen LogP contribution in [0.25, 0.3) is 11.3 Å². The van der Waals surface area contributed by atoms with E-state index in [1.807, 2.05) is 24.3 Å². The number of hydrogen-bond acceptors (Lipinski definition) is 2. The summed E-state index contributed by atoms with van der Waals surface area (Å²) in [6, 6.07) is 19.0. The molecule has 1 aromatic heterocycles. The van der Waals surface area contributed by atoms with Crippen LogP contribution >= 0.6 is 11.6 Å². The van der Waals surface area contributed by atoms with Crippen molar-refractivity contribution >= 4 is 11.6 Å². The average Bonchev–Trinajstić information content (AvgIpc) is 3.23. The molecule has 1 aliphatic heterocycles. The van der Waals surface area contributed by atoms with Crippen molar-refractivity contribution in [3.63, 3.8) is 0 Å². The largest absolute Gasteiger partial charge is 0.340 e. The van der Waals surface area contributed by atoms with E-state index in [0.29, 0.717) is 6.04 Å². The molecule has 0 spiro atoms. The van der Waals surface area contributed by atoms with Crippen molar-refractivity contribution in [3.8, 4) is 11.3 Å². The Morgan fingerprint density at radius 3 is 2.64 bits per heavy atom. The van der Waals surface area contributed by atoms with E-state index in [1.54, 1.807) is 0 Å². The van der Waals surface area contributed by atoms with Crippen LogP contribution in [0.2, 0.25) is 5.02 Å². The van der Waals surface area contributed by atoms with Crippen molar-refractivity contribution in [2.24, 2.45) is 0 Å². The van der Waals surface area contributed by atoms with Gasteiger partial charge in [-0.15, -0.1) is 0 Å². The van der Waals surface area contributed by atoms with E-state index < -0.39 is 0 Å². The van der Waals surface area contributed by atoms with Crippen molar-refractivity contribution in [1.82, 2.24) is 14.9 Å². The van der Waals surface area contributed by atoms with Gasteiger partial charge in [0.25, 0.3) is 0 Å². The Kier molecular flexibility index (Phi) is 4.60. The quantitative estimate of drug-likeness (QED) is 0.684. The number of imidazole rings is 1. The number of likely N-dealkylation sites (tertiary alicyclic amines) is 1. The van der Waals surface area contributed by atoms with E-state index in [1.165, 1.54) is 12.0 Å². The van der Waals surface area contributed by atoms with Crippen molar-refractivity contribution in [2.75, 3.05) is 6.54 Å². The fraction of sp³-hybridized carbons (Fsp3) is 0.286. The van der Waals surface area contributed by atoms with E-state index in [-0.39, 0.29) is 0 Å². The summed E-state index contributed by atoms with van der Waals surface area (Å²) in [6.45, 7) is 4.16. The van der Waals surface area contributed by atoms with Gasteiger partial charge < -0.3 is 4.98 Å². The first-order valence-corrected chi connectivity index (χ1v) is 9.19. The first-order chi connectivity index (χ1) is 12.2. The molecule has 1 saturated heterocycles. The Hall–Kier alpha value is -2.10. The number of hydrogen-bond donors (Lipinski definition) is 1. The Morgan fingerprint density at radius 1 is 1.12 bits per heavy atom. The maximum Gasteiger partial charge on any atom is 0.124 e. The van der Waals surface area contributed by atoms with Crippen molar-refractivity contribution < 1.29 is 0 Å². The number of H-pyrrole nitrogens is 1. The van der Waals surface area contributed by atoms with Gasteiger partial charge in [-0.05, 0) is 49.6 Å². The predicted molar refractivity (Wildman–Crippen MR) is 103 cm³/mol. The summed E-state index contributed by atoms with van der Waals surface area (Å²) in [4.78, 5) is 11.0. The zero-order valence-electron chi connectivity index (χ0n) is 14.4. The van der Waals surface area contributed by atoms with Gasteiger partial charge in [-0.25, -0.2) is 4.98 Å². The third-order valence-corrected chi connectivity index (χ3v) is 5.20. The molecule has 4 rings (SSSR count). The van der Waals surface area contributed by atoms with Gasteiger partial charge >= 0.3 is 0 Å². The van der Waals surface area contributed by atoms with Crippen LogP contribution in [-0.4, -0.2) is 21.4 Å². The van der Waals surface area contributed by atoms with Gasteiger partial charge in [-0.3, -0.25) is 4.90 Å². The molecule has 2 aromatic carbocycles. The number of nitrogens with one attached hydrogen (secondary N) is 1. The lowest BCUT2D eigenvalue weighted by Crippen LogP contribution is -2.23. The fourth-order valence-corrected chi connectivity index (χ4v) is 3.81. The Morgan fingerprint density at radius 2 is 1.88 bits per heavy atom. The van der Waals surface area contributed by atoms with E-state index in [0.717, 1.165) is 47.3 Å². The molecular weight excluding hydrogens is 330 g/mol. The lowest BCUT2D eigenvalue weighted by Gasteiger charge is -2.22. The highest BCUT2D eigenvalue weighted by Crippen LogP contribution is 2.34. The van der Waals surface area contributed by atoms with Crippen LogP contribution in [0, 0.1) is 6.92 Å². The van der Waals surface area contributed by atoms with Crippen molar-refractivity contribution in [1.29, 1.82) is 0 Å². The molecule has 2 heterocycles. The zero-order chi connectivity index (χ0) is 17.2. The summed E-state index contributed by atoms with van der Waals surface area (Å²) in [5.74, 6) is 1.08. The Bertz CT molecular complexity index is 839. The van der Waals surface area contributed by atoms with Gasteiger partial charge in [-0.2, -0.15) is 0 Å². The topological polar surface area (TPSA) is 31.9 Å². The smallest absolute Gasteiger partial charge is 0.124 e. The average molecular weight is 352 g/mol. The number of nitrogens with zero attached hydrogens (tertiary/aromatic N) is 2. The normalized spacial score (nSPS) is 17.9. The molecular formula is C21H22ClN3. The van der Waals surface area contributed by atoms with Gasteiger partial charge in [0.15, 0.2) is 0 Å². The Labute approximate surface area is 153 Å². The van der Waals surface area contributed by atoms with Gasteiger partial charge in [0.1, 0.15) is 5.82 Å². The van der Waals surface area contributed by atoms with Crippen LogP contribution in [0.5, 0.6) is 0 Å². The molecule has 1 N–H and O–H groups in total. The van der Waals surface area contributed by atoms with Gasteiger partial charge in [-0.1, -0.05) is 54.1 Å².